The van der Waals surface area contributed by atoms with Crippen LogP contribution in [0.25, 0.3) is 0 Å². The number of rotatable bonds is 0. The molecule has 21 heavy (non-hydrogen) atoms. The van der Waals surface area contributed by atoms with Crippen molar-refractivity contribution in [3.8, 4) is 11.5 Å². The number of benzene rings is 1. The molecule has 7 heteroatoms. The summed E-state index contributed by atoms with van der Waals surface area (Å²) in [6, 6.07) is 2.55. The Morgan fingerprint density at radius 3 is 2.57 bits per heavy atom. The second-order valence-corrected chi connectivity index (χ2v) is 5.68. The molecular formula is C14H15NO6. The molecule has 0 saturated heterocycles. The summed E-state index contributed by atoms with van der Waals surface area (Å²) in [5.41, 5.74) is 1.02. The fraction of sp³-hybridized carbons (Fsp3) is 0.500. The van der Waals surface area contributed by atoms with Gasteiger partial charge in [0.25, 0.3) is 5.91 Å². The molecule has 3 aliphatic rings. The fourth-order valence-corrected chi connectivity index (χ4v) is 3.46. The predicted molar refractivity (Wildman–Crippen MR) is 69.2 cm³/mol. The lowest BCUT2D eigenvalue weighted by molar-refractivity contribution is -0.0792. The molecule has 0 spiro atoms. The molecule has 112 valence electrons. The number of fused-ring (bicyclic) bond motifs is 4. The largest absolute Gasteiger partial charge is 0.454 e. The zero-order valence-electron chi connectivity index (χ0n) is 11.0. The molecule has 1 saturated carbocycles. The third-order valence-corrected chi connectivity index (χ3v) is 4.49. The van der Waals surface area contributed by atoms with Crippen LogP contribution in [0.1, 0.15) is 28.3 Å². The van der Waals surface area contributed by atoms with Crippen LogP contribution in [-0.4, -0.2) is 52.4 Å². The van der Waals surface area contributed by atoms with Crippen molar-refractivity contribution >= 4 is 5.91 Å². The molecule has 0 radical (unpaired) electrons. The molecule has 2 heterocycles. The molecule has 7 nitrogen and oxygen atoms in total. The van der Waals surface area contributed by atoms with Gasteiger partial charge in [0.05, 0.1) is 18.2 Å². The van der Waals surface area contributed by atoms with E-state index in [1.54, 1.807) is 12.1 Å². The molecule has 2 aliphatic heterocycles. The first-order chi connectivity index (χ1) is 10.1. The van der Waals surface area contributed by atoms with E-state index in [0.717, 1.165) is 0 Å². The SMILES string of the molecule is O=C1N[C@H]2[C@H](O)[C@H](O)C[C@H](O)[C@@H]2c2cc3c(cc21)OCO3. The summed E-state index contributed by atoms with van der Waals surface area (Å²) < 4.78 is 10.6. The van der Waals surface area contributed by atoms with Crippen LogP contribution in [0.3, 0.4) is 0 Å². The van der Waals surface area contributed by atoms with Crippen molar-refractivity contribution in [3.05, 3.63) is 23.3 Å². The molecule has 1 aromatic rings. The number of amides is 1. The van der Waals surface area contributed by atoms with Gasteiger partial charge >= 0.3 is 0 Å². The Labute approximate surface area is 120 Å². The zero-order valence-corrected chi connectivity index (χ0v) is 11.0. The van der Waals surface area contributed by atoms with E-state index in [2.05, 4.69) is 5.32 Å². The quantitative estimate of drug-likeness (QED) is 0.493. The molecule has 1 aliphatic carbocycles. The molecule has 4 rings (SSSR count). The van der Waals surface area contributed by atoms with Gasteiger partial charge in [-0.15, -0.1) is 0 Å². The van der Waals surface area contributed by atoms with Crippen LogP contribution in [0, 0.1) is 0 Å². The molecule has 1 aromatic carbocycles. The van der Waals surface area contributed by atoms with Gasteiger partial charge in [0.15, 0.2) is 11.5 Å². The average Bonchev–Trinajstić information content (AvgIpc) is 2.90. The van der Waals surface area contributed by atoms with Crippen molar-refractivity contribution in [1.82, 2.24) is 5.32 Å². The molecule has 1 amide bonds. The topological polar surface area (TPSA) is 108 Å². The van der Waals surface area contributed by atoms with E-state index >= 15 is 0 Å². The monoisotopic (exact) mass is 293 g/mol. The van der Waals surface area contributed by atoms with Crippen molar-refractivity contribution in [2.24, 2.45) is 0 Å². The minimum atomic E-state index is -1.11. The first-order valence-electron chi connectivity index (χ1n) is 6.85. The number of hydrogen-bond donors (Lipinski definition) is 4. The number of ether oxygens (including phenoxy) is 2. The Bertz CT molecular complexity index is 618. The average molecular weight is 293 g/mol. The van der Waals surface area contributed by atoms with Gasteiger partial charge in [-0.05, 0) is 17.7 Å². The van der Waals surface area contributed by atoms with Crippen molar-refractivity contribution < 1.29 is 29.6 Å². The normalized spacial score (nSPS) is 36.7. The lowest BCUT2D eigenvalue weighted by Gasteiger charge is -2.45. The molecule has 0 unspecified atom stereocenters. The summed E-state index contributed by atoms with van der Waals surface area (Å²) in [7, 11) is 0. The van der Waals surface area contributed by atoms with Gasteiger partial charge in [-0.2, -0.15) is 0 Å². The highest BCUT2D eigenvalue weighted by Crippen LogP contribution is 2.44. The van der Waals surface area contributed by atoms with Crippen LogP contribution in [0.4, 0.5) is 0 Å². The smallest absolute Gasteiger partial charge is 0.252 e. The first-order valence-corrected chi connectivity index (χ1v) is 6.85. The van der Waals surface area contributed by atoms with Gasteiger partial charge in [0, 0.05) is 17.9 Å². The third kappa shape index (κ3) is 1.75. The summed E-state index contributed by atoms with van der Waals surface area (Å²) in [4.78, 5) is 12.2. The van der Waals surface area contributed by atoms with Crippen LogP contribution < -0.4 is 14.8 Å². The molecule has 5 atom stereocenters. The van der Waals surface area contributed by atoms with Crippen LogP contribution >= 0.6 is 0 Å². The lowest BCUT2D eigenvalue weighted by atomic mass is 9.71. The number of carbonyl (C=O) groups excluding carboxylic acids is 1. The minimum Gasteiger partial charge on any atom is -0.454 e. The highest BCUT2D eigenvalue weighted by atomic mass is 16.7. The first kappa shape index (κ1) is 12.9. The van der Waals surface area contributed by atoms with Gasteiger partial charge in [0.2, 0.25) is 6.79 Å². The lowest BCUT2D eigenvalue weighted by Crippen LogP contribution is -2.61. The molecule has 4 N–H and O–H groups in total. The second kappa shape index (κ2) is 4.33. The third-order valence-electron chi connectivity index (χ3n) is 4.49. The maximum absolute atomic E-state index is 12.2. The molecule has 0 bridgehead atoms. The summed E-state index contributed by atoms with van der Waals surface area (Å²) in [5, 5.41) is 32.8. The van der Waals surface area contributed by atoms with E-state index in [1.807, 2.05) is 0 Å². The standard InChI is InChI=1S/C14H15NO6/c16-7-3-8(17)13(18)12-11(7)5-1-9-10(21-4-20-9)2-6(5)14(19)15-12/h1-2,7-8,11-13,16-18H,3-4H2,(H,15,19)/t7-,8+,11-,12+,13+/m0/s1. The van der Waals surface area contributed by atoms with Gasteiger partial charge < -0.3 is 30.1 Å². The fourth-order valence-electron chi connectivity index (χ4n) is 3.46. The van der Waals surface area contributed by atoms with E-state index in [0.29, 0.717) is 22.6 Å². The Morgan fingerprint density at radius 2 is 1.81 bits per heavy atom. The van der Waals surface area contributed by atoms with Gasteiger partial charge in [0.1, 0.15) is 6.10 Å². The Kier molecular flexibility index (Phi) is 2.66. The Balaban J connectivity index is 1.84. The van der Waals surface area contributed by atoms with Gasteiger partial charge in [-0.25, -0.2) is 0 Å². The van der Waals surface area contributed by atoms with Crippen LogP contribution in [0.2, 0.25) is 0 Å². The van der Waals surface area contributed by atoms with Crippen LogP contribution in [0.5, 0.6) is 11.5 Å². The highest BCUT2D eigenvalue weighted by molar-refractivity contribution is 5.98. The van der Waals surface area contributed by atoms with Gasteiger partial charge in [-0.1, -0.05) is 0 Å². The predicted octanol–water partition coefficient (Wildman–Crippen LogP) is -0.903. The summed E-state index contributed by atoms with van der Waals surface area (Å²) >= 11 is 0. The van der Waals surface area contributed by atoms with Gasteiger partial charge in [-0.3, -0.25) is 4.79 Å². The second-order valence-electron chi connectivity index (χ2n) is 5.68. The molecule has 1 fully saturated rings. The zero-order chi connectivity index (χ0) is 14.7. The number of nitrogens with one attached hydrogen (secondary N) is 1. The number of hydrogen-bond acceptors (Lipinski definition) is 6. The van der Waals surface area contributed by atoms with Crippen molar-refractivity contribution in [3.63, 3.8) is 0 Å². The summed E-state index contributed by atoms with van der Waals surface area (Å²) in [6.45, 7) is 0.0951. The maximum atomic E-state index is 12.2. The van der Waals surface area contributed by atoms with E-state index in [4.69, 9.17) is 9.47 Å². The number of carbonyl (C=O) groups is 1. The van der Waals surface area contributed by atoms with Crippen LogP contribution in [0.15, 0.2) is 12.1 Å². The Morgan fingerprint density at radius 1 is 1.10 bits per heavy atom. The minimum absolute atomic E-state index is 0.0616. The highest BCUT2D eigenvalue weighted by Gasteiger charge is 2.48. The number of aliphatic hydroxyl groups excluding tert-OH is 3. The van der Waals surface area contributed by atoms with E-state index in [1.165, 1.54) is 0 Å². The van der Waals surface area contributed by atoms with Crippen molar-refractivity contribution in [2.75, 3.05) is 6.79 Å². The number of aliphatic hydroxyl groups is 3. The van der Waals surface area contributed by atoms with E-state index < -0.39 is 30.3 Å². The van der Waals surface area contributed by atoms with E-state index in [-0.39, 0.29) is 19.1 Å². The molecular weight excluding hydrogens is 278 g/mol. The summed E-state index contributed by atoms with van der Waals surface area (Å²) in [6.07, 6.45) is -2.96. The van der Waals surface area contributed by atoms with E-state index in [9.17, 15) is 20.1 Å². The van der Waals surface area contributed by atoms with Crippen molar-refractivity contribution in [1.29, 1.82) is 0 Å². The molecule has 0 aromatic heterocycles. The maximum Gasteiger partial charge on any atom is 0.252 e. The van der Waals surface area contributed by atoms with Crippen molar-refractivity contribution in [2.45, 2.75) is 36.7 Å². The summed E-state index contributed by atoms with van der Waals surface area (Å²) in [5.74, 6) is 0.179. The van der Waals surface area contributed by atoms with Crippen LogP contribution in [-0.2, 0) is 0 Å². The Hall–Kier alpha value is -1.83.